The zero-order valence-corrected chi connectivity index (χ0v) is 13.6. The van der Waals surface area contributed by atoms with E-state index in [4.69, 9.17) is 4.42 Å². The number of hydrogen-bond acceptors (Lipinski definition) is 3. The minimum atomic E-state index is -0.652. The smallest absolute Gasteiger partial charge is 0.407 e. The van der Waals surface area contributed by atoms with Crippen LogP contribution in [0.3, 0.4) is 0 Å². The summed E-state index contributed by atoms with van der Waals surface area (Å²) in [6.07, 6.45) is 2.80. The van der Waals surface area contributed by atoms with Crippen molar-refractivity contribution in [2.75, 3.05) is 6.54 Å². The van der Waals surface area contributed by atoms with Gasteiger partial charge >= 0.3 is 11.8 Å². The Morgan fingerprint density at radius 3 is 2.67 bits per heavy atom. The lowest BCUT2D eigenvalue weighted by molar-refractivity contribution is 0.241. The first-order chi connectivity index (χ1) is 11.7. The van der Waals surface area contributed by atoms with Crippen LogP contribution in [0.25, 0.3) is 11.1 Å². The fourth-order valence-electron chi connectivity index (χ4n) is 2.79. The lowest BCUT2D eigenvalue weighted by Gasteiger charge is -2.06. The molecule has 124 valence electrons. The molecule has 1 heterocycles. The number of carbonyl (C=O) groups is 1. The van der Waals surface area contributed by atoms with Gasteiger partial charge in [0.05, 0.1) is 0 Å². The first kappa shape index (κ1) is 16.1. The largest absolute Gasteiger partial charge is 0.428 e. The van der Waals surface area contributed by atoms with Gasteiger partial charge in [0.1, 0.15) is 5.52 Å². The first-order valence-corrected chi connectivity index (χ1v) is 8.10. The molecule has 0 unspecified atom stereocenters. The van der Waals surface area contributed by atoms with Gasteiger partial charge in [0.25, 0.3) is 0 Å². The Morgan fingerprint density at radius 2 is 1.88 bits per heavy atom. The van der Waals surface area contributed by atoms with Crippen LogP contribution in [0, 0.1) is 6.92 Å². The van der Waals surface area contributed by atoms with Crippen LogP contribution in [0.4, 0.5) is 4.79 Å². The van der Waals surface area contributed by atoms with Crippen molar-refractivity contribution in [1.29, 1.82) is 0 Å². The second kappa shape index (κ2) is 7.17. The molecule has 1 N–H and O–H groups in total. The number of nitrogens with one attached hydrogen (secondary N) is 1. The molecule has 3 rings (SSSR count). The number of carbonyl (C=O) groups excluding carboxylic acids is 1. The number of fused-ring (bicyclic) bond motifs is 1. The number of amides is 1. The molecule has 2 aromatic carbocycles. The van der Waals surface area contributed by atoms with Gasteiger partial charge in [0.15, 0.2) is 5.58 Å². The molecule has 0 fully saturated rings. The third kappa shape index (κ3) is 3.40. The third-order valence-corrected chi connectivity index (χ3v) is 4.02. The Balaban J connectivity index is 1.58. The highest BCUT2D eigenvalue weighted by atomic mass is 16.4. The normalized spacial score (nSPS) is 10.9. The molecule has 0 atom stereocenters. The van der Waals surface area contributed by atoms with Crippen LogP contribution < -0.4 is 11.1 Å². The fourth-order valence-corrected chi connectivity index (χ4v) is 2.79. The third-order valence-electron chi connectivity index (χ3n) is 4.02. The molecule has 5 heteroatoms. The molecular formula is C19H20N2O3. The lowest BCUT2D eigenvalue weighted by atomic mass is 10.1. The van der Waals surface area contributed by atoms with Crippen molar-refractivity contribution >= 4 is 17.1 Å². The Bertz CT molecular complexity index is 894. The van der Waals surface area contributed by atoms with Gasteiger partial charge in [-0.15, -0.1) is 0 Å². The van der Waals surface area contributed by atoms with E-state index in [2.05, 4.69) is 17.4 Å². The van der Waals surface area contributed by atoms with E-state index in [1.807, 2.05) is 31.2 Å². The van der Waals surface area contributed by atoms with Gasteiger partial charge in [-0.2, -0.15) is 4.57 Å². The maximum atomic E-state index is 12.3. The maximum Gasteiger partial charge on any atom is 0.428 e. The van der Waals surface area contributed by atoms with Crippen molar-refractivity contribution in [2.45, 2.75) is 26.2 Å². The Hall–Kier alpha value is -2.82. The van der Waals surface area contributed by atoms with E-state index in [0.29, 0.717) is 17.6 Å². The fraction of sp³-hybridized carbons (Fsp3) is 0.263. The van der Waals surface area contributed by atoms with Crippen LogP contribution in [-0.2, 0) is 6.42 Å². The molecule has 0 radical (unpaired) electrons. The van der Waals surface area contributed by atoms with Crippen LogP contribution >= 0.6 is 0 Å². The summed E-state index contributed by atoms with van der Waals surface area (Å²) >= 11 is 0. The Labute approximate surface area is 139 Å². The summed E-state index contributed by atoms with van der Waals surface area (Å²) in [7, 11) is 0. The molecule has 24 heavy (non-hydrogen) atoms. The number of unbranched alkanes of at least 4 members (excludes halogenated alkanes) is 1. The molecule has 0 aliphatic carbocycles. The molecule has 0 saturated carbocycles. The standard InChI is InChI=1S/C19H20N2O3/c1-14-8-7-12-16-17(14)21(19(23)24-16)18(22)20-13-6-5-11-15-9-3-2-4-10-15/h2-4,7-10,12H,5-6,11,13H2,1H3,(H,20,22). The van der Waals surface area contributed by atoms with Gasteiger partial charge in [-0.25, -0.2) is 9.59 Å². The number of oxazole rings is 1. The van der Waals surface area contributed by atoms with Crippen LogP contribution in [0.1, 0.15) is 24.0 Å². The maximum absolute atomic E-state index is 12.3. The van der Waals surface area contributed by atoms with Gasteiger partial charge < -0.3 is 9.73 Å². The summed E-state index contributed by atoms with van der Waals surface area (Å²) in [6.45, 7) is 2.37. The highest BCUT2D eigenvalue weighted by molar-refractivity contribution is 5.89. The van der Waals surface area contributed by atoms with Gasteiger partial charge in [-0.05, 0) is 43.4 Å². The van der Waals surface area contributed by atoms with Crippen molar-refractivity contribution < 1.29 is 9.21 Å². The number of hydrogen-bond donors (Lipinski definition) is 1. The summed E-state index contributed by atoms with van der Waals surface area (Å²) in [4.78, 5) is 24.3. The highest BCUT2D eigenvalue weighted by Gasteiger charge is 2.16. The Morgan fingerprint density at radius 1 is 1.08 bits per heavy atom. The first-order valence-electron chi connectivity index (χ1n) is 8.10. The van der Waals surface area contributed by atoms with Crippen molar-refractivity contribution in [3.63, 3.8) is 0 Å². The van der Waals surface area contributed by atoms with Gasteiger partial charge in [0, 0.05) is 6.54 Å². The zero-order chi connectivity index (χ0) is 16.9. The van der Waals surface area contributed by atoms with E-state index in [9.17, 15) is 9.59 Å². The minimum absolute atomic E-state index is 0.430. The molecule has 0 spiro atoms. The molecule has 3 aromatic rings. The quantitative estimate of drug-likeness (QED) is 0.731. The predicted octanol–water partition coefficient (Wildman–Crippen LogP) is 3.48. The van der Waals surface area contributed by atoms with Crippen LogP contribution in [0.15, 0.2) is 57.7 Å². The number of aromatic nitrogens is 1. The SMILES string of the molecule is Cc1cccc2oc(=O)n(C(=O)NCCCCc3ccccc3)c12. The molecule has 0 bridgehead atoms. The van der Waals surface area contributed by atoms with Crippen molar-refractivity contribution in [1.82, 2.24) is 9.88 Å². The average molecular weight is 324 g/mol. The number of rotatable bonds is 5. The average Bonchev–Trinajstić information content (AvgIpc) is 2.93. The zero-order valence-electron chi connectivity index (χ0n) is 13.6. The minimum Gasteiger partial charge on any atom is -0.407 e. The van der Waals surface area contributed by atoms with Crippen LogP contribution in [0.2, 0.25) is 0 Å². The number of para-hydroxylation sites is 1. The van der Waals surface area contributed by atoms with Gasteiger partial charge in [-0.3, -0.25) is 0 Å². The van der Waals surface area contributed by atoms with E-state index in [1.165, 1.54) is 5.56 Å². The molecular weight excluding hydrogens is 304 g/mol. The topological polar surface area (TPSA) is 64.2 Å². The molecule has 0 aliphatic heterocycles. The van der Waals surface area contributed by atoms with Crippen molar-refractivity contribution in [3.8, 4) is 0 Å². The second-order valence-electron chi connectivity index (χ2n) is 5.80. The summed E-state index contributed by atoms with van der Waals surface area (Å²) < 4.78 is 6.20. The van der Waals surface area contributed by atoms with E-state index in [0.717, 1.165) is 29.4 Å². The summed E-state index contributed by atoms with van der Waals surface area (Å²) in [6, 6.07) is 15.1. The van der Waals surface area contributed by atoms with E-state index >= 15 is 0 Å². The van der Waals surface area contributed by atoms with E-state index < -0.39 is 11.8 Å². The number of aryl methyl sites for hydroxylation is 2. The summed E-state index contributed by atoms with van der Waals surface area (Å²) in [5.41, 5.74) is 3.08. The molecule has 5 nitrogen and oxygen atoms in total. The van der Waals surface area contributed by atoms with Crippen LogP contribution in [-0.4, -0.2) is 17.1 Å². The monoisotopic (exact) mass is 324 g/mol. The van der Waals surface area contributed by atoms with Crippen molar-refractivity contribution in [2.24, 2.45) is 0 Å². The molecule has 0 saturated heterocycles. The molecule has 0 aliphatic rings. The molecule has 1 amide bonds. The van der Waals surface area contributed by atoms with E-state index in [-0.39, 0.29) is 0 Å². The van der Waals surface area contributed by atoms with E-state index in [1.54, 1.807) is 12.1 Å². The number of nitrogens with zero attached hydrogens (tertiary/aromatic N) is 1. The highest BCUT2D eigenvalue weighted by Crippen LogP contribution is 2.16. The predicted molar refractivity (Wildman–Crippen MR) is 93.4 cm³/mol. The summed E-state index contributed by atoms with van der Waals surface area (Å²) in [5, 5.41) is 2.80. The van der Waals surface area contributed by atoms with Crippen LogP contribution in [0.5, 0.6) is 0 Å². The number of benzene rings is 2. The Kier molecular flexibility index (Phi) is 4.79. The van der Waals surface area contributed by atoms with Gasteiger partial charge in [0.2, 0.25) is 0 Å². The van der Waals surface area contributed by atoms with Crippen molar-refractivity contribution in [3.05, 3.63) is 70.2 Å². The lowest BCUT2D eigenvalue weighted by Crippen LogP contribution is -2.34. The van der Waals surface area contributed by atoms with Gasteiger partial charge in [-0.1, -0.05) is 42.5 Å². The molecule has 1 aromatic heterocycles. The summed E-state index contributed by atoms with van der Waals surface area (Å²) in [5.74, 6) is -0.652. The second-order valence-corrected chi connectivity index (χ2v) is 5.80.